The molecule has 0 bridgehead atoms. The molecule has 4 aromatic rings. The van der Waals surface area contributed by atoms with E-state index in [1.807, 2.05) is 18.2 Å². The minimum absolute atomic E-state index is 0.0350. The summed E-state index contributed by atoms with van der Waals surface area (Å²) in [4.78, 5) is 13.4. The van der Waals surface area contributed by atoms with Crippen LogP contribution in [0.15, 0.2) is 90.0 Å². The van der Waals surface area contributed by atoms with Crippen molar-refractivity contribution in [2.24, 2.45) is 0 Å². The molecule has 3 aromatic carbocycles. The summed E-state index contributed by atoms with van der Waals surface area (Å²) in [5, 5.41) is 4.73. The van der Waals surface area contributed by atoms with Gasteiger partial charge in [0.1, 0.15) is 0 Å². The van der Waals surface area contributed by atoms with Crippen molar-refractivity contribution in [3.05, 3.63) is 95.6 Å². The molecule has 0 unspecified atom stereocenters. The quantitative estimate of drug-likeness (QED) is 0.394. The van der Waals surface area contributed by atoms with Crippen molar-refractivity contribution < 1.29 is 4.79 Å². The van der Waals surface area contributed by atoms with Crippen LogP contribution in [0, 0.1) is 0 Å². The number of aromatic nitrogens is 1. The van der Waals surface area contributed by atoms with Crippen molar-refractivity contribution in [2.75, 3.05) is 11.1 Å². The molecule has 0 aliphatic carbocycles. The highest BCUT2D eigenvalue weighted by atomic mass is 35.5. The van der Waals surface area contributed by atoms with Crippen molar-refractivity contribution in [3.8, 4) is 0 Å². The number of thioether (sulfide) groups is 1. The van der Waals surface area contributed by atoms with Crippen LogP contribution in [0.25, 0.3) is 10.9 Å². The minimum atomic E-state index is -0.0350. The molecule has 4 rings (SSSR count). The number of carbonyl (C=O) groups is 1. The van der Waals surface area contributed by atoms with Crippen molar-refractivity contribution in [1.29, 1.82) is 0 Å². The van der Waals surface area contributed by atoms with E-state index >= 15 is 0 Å². The molecular weight excluding hydrogens is 388 g/mol. The highest BCUT2D eigenvalue weighted by molar-refractivity contribution is 8.00. The van der Waals surface area contributed by atoms with Crippen LogP contribution < -0.4 is 5.32 Å². The lowest BCUT2D eigenvalue weighted by Crippen LogP contribution is -2.13. The number of hydrogen-bond donors (Lipinski definition) is 1. The van der Waals surface area contributed by atoms with Gasteiger partial charge in [0, 0.05) is 39.3 Å². The summed E-state index contributed by atoms with van der Waals surface area (Å²) in [7, 11) is 0. The molecule has 0 saturated heterocycles. The molecule has 1 amide bonds. The maximum Gasteiger partial charge on any atom is 0.234 e. The Kier molecular flexibility index (Phi) is 5.70. The van der Waals surface area contributed by atoms with Crippen molar-refractivity contribution in [2.45, 2.75) is 11.4 Å². The fraction of sp³-hybridized carbons (Fsp3) is 0.0870. The van der Waals surface area contributed by atoms with Crippen LogP contribution in [0.2, 0.25) is 5.02 Å². The topological polar surface area (TPSA) is 34.0 Å². The van der Waals surface area contributed by atoms with E-state index in [1.54, 1.807) is 36.0 Å². The molecule has 0 fully saturated rings. The zero-order valence-corrected chi connectivity index (χ0v) is 16.7. The molecule has 0 radical (unpaired) electrons. The fourth-order valence-corrected chi connectivity index (χ4v) is 4.13. The SMILES string of the molecule is O=C(CSc1cn(Cc2ccccc2)c2ccccc12)Nc1ccc(Cl)cc1. The van der Waals surface area contributed by atoms with Crippen molar-refractivity contribution >= 4 is 45.9 Å². The number of rotatable bonds is 6. The Labute approximate surface area is 173 Å². The molecule has 0 spiro atoms. The van der Waals surface area contributed by atoms with Gasteiger partial charge in [0.2, 0.25) is 5.91 Å². The first-order valence-corrected chi connectivity index (χ1v) is 10.4. The van der Waals surface area contributed by atoms with E-state index in [-0.39, 0.29) is 5.91 Å². The monoisotopic (exact) mass is 406 g/mol. The van der Waals surface area contributed by atoms with Crippen LogP contribution in [0.4, 0.5) is 5.69 Å². The van der Waals surface area contributed by atoms with Crippen LogP contribution >= 0.6 is 23.4 Å². The Hall–Kier alpha value is -2.69. The number of anilines is 1. The molecule has 0 aliphatic rings. The molecule has 1 heterocycles. The van der Waals surface area contributed by atoms with Crippen LogP contribution in [-0.4, -0.2) is 16.2 Å². The second-order valence-corrected chi connectivity index (χ2v) is 7.92. The summed E-state index contributed by atoms with van der Waals surface area (Å²) < 4.78 is 2.24. The third-order valence-electron chi connectivity index (χ3n) is 4.43. The highest BCUT2D eigenvalue weighted by Gasteiger charge is 2.11. The molecule has 28 heavy (non-hydrogen) atoms. The van der Waals surface area contributed by atoms with E-state index < -0.39 is 0 Å². The van der Waals surface area contributed by atoms with E-state index in [9.17, 15) is 4.79 Å². The lowest BCUT2D eigenvalue weighted by atomic mass is 10.2. The van der Waals surface area contributed by atoms with Gasteiger partial charge in [-0.3, -0.25) is 4.79 Å². The normalized spacial score (nSPS) is 10.9. The zero-order valence-electron chi connectivity index (χ0n) is 15.1. The van der Waals surface area contributed by atoms with Gasteiger partial charge in [0.25, 0.3) is 0 Å². The molecular formula is C23H19ClN2OS. The number of nitrogens with one attached hydrogen (secondary N) is 1. The zero-order chi connectivity index (χ0) is 19.3. The van der Waals surface area contributed by atoms with Gasteiger partial charge in [-0.25, -0.2) is 0 Å². The van der Waals surface area contributed by atoms with Crippen LogP contribution in [-0.2, 0) is 11.3 Å². The number of halogens is 1. The maximum absolute atomic E-state index is 12.3. The van der Waals surface area contributed by atoms with Crippen LogP contribution in [0.5, 0.6) is 0 Å². The van der Waals surface area contributed by atoms with Gasteiger partial charge in [0.15, 0.2) is 0 Å². The fourth-order valence-electron chi connectivity index (χ4n) is 3.11. The van der Waals surface area contributed by atoms with Crippen LogP contribution in [0.1, 0.15) is 5.56 Å². The number of amides is 1. The third-order valence-corrected chi connectivity index (χ3v) is 5.73. The Morgan fingerprint density at radius 1 is 0.929 bits per heavy atom. The van der Waals surface area contributed by atoms with E-state index in [1.165, 1.54) is 16.5 Å². The predicted molar refractivity (Wildman–Crippen MR) is 118 cm³/mol. The number of para-hydroxylation sites is 1. The van der Waals surface area contributed by atoms with Gasteiger partial charge in [-0.1, -0.05) is 60.1 Å². The summed E-state index contributed by atoms with van der Waals surface area (Å²) in [6.45, 7) is 0.804. The van der Waals surface area contributed by atoms with Crippen molar-refractivity contribution in [3.63, 3.8) is 0 Å². The number of fused-ring (bicyclic) bond motifs is 1. The summed E-state index contributed by atoms with van der Waals surface area (Å²) in [6.07, 6.45) is 2.14. The first-order chi connectivity index (χ1) is 13.7. The Morgan fingerprint density at radius 3 is 2.43 bits per heavy atom. The molecule has 3 nitrogen and oxygen atoms in total. The lowest BCUT2D eigenvalue weighted by Gasteiger charge is -2.05. The highest BCUT2D eigenvalue weighted by Crippen LogP contribution is 2.30. The van der Waals surface area contributed by atoms with Gasteiger partial charge in [-0.2, -0.15) is 0 Å². The number of nitrogens with zero attached hydrogens (tertiary/aromatic N) is 1. The van der Waals surface area contributed by atoms with E-state index in [4.69, 9.17) is 11.6 Å². The van der Waals surface area contributed by atoms with Crippen LogP contribution in [0.3, 0.4) is 0 Å². The summed E-state index contributed by atoms with van der Waals surface area (Å²) in [6, 6.07) is 25.8. The van der Waals surface area contributed by atoms with Gasteiger partial charge >= 0.3 is 0 Å². The van der Waals surface area contributed by atoms with Gasteiger partial charge in [0.05, 0.1) is 5.75 Å². The summed E-state index contributed by atoms with van der Waals surface area (Å²) in [5.74, 6) is 0.314. The summed E-state index contributed by atoms with van der Waals surface area (Å²) in [5.41, 5.74) is 3.17. The predicted octanol–water partition coefficient (Wildman–Crippen LogP) is 6.07. The second kappa shape index (κ2) is 8.55. The molecule has 5 heteroatoms. The van der Waals surface area contributed by atoms with Gasteiger partial charge < -0.3 is 9.88 Å². The third kappa shape index (κ3) is 4.41. The lowest BCUT2D eigenvalue weighted by molar-refractivity contribution is -0.113. The first-order valence-electron chi connectivity index (χ1n) is 8.99. The second-order valence-electron chi connectivity index (χ2n) is 6.47. The standard InChI is InChI=1S/C23H19ClN2OS/c24-18-10-12-19(13-11-18)25-23(27)16-28-22-15-26(14-17-6-2-1-3-7-17)21-9-5-4-8-20(21)22/h1-13,15H,14,16H2,(H,25,27). The molecule has 0 atom stereocenters. The van der Waals surface area contributed by atoms with Gasteiger partial charge in [-0.05, 0) is 35.9 Å². The largest absolute Gasteiger partial charge is 0.342 e. The van der Waals surface area contributed by atoms with Crippen molar-refractivity contribution in [1.82, 2.24) is 4.57 Å². The number of hydrogen-bond acceptors (Lipinski definition) is 2. The average Bonchev–Trinajstić information content (AvgIpc) is 3.07. The van der Waals surface area contributed by atoms with E-state index in [0.29, 0.717) is 10.8 Å². The average molecular weight is 407 g/mol. The molecule has 0 saturated carbocycles. The minimum Gasteiger partial charge on any atom is -0.342 e. The molecule has 0 aliphatic heterocycles. The van der Waals surface area contributed by atoms with E-state index in [2.05, 4.69) is 52.5 Å². The molecule has 140 valence electrons. The number of carbonyl (C=O) groups excluding carboxylic acids is 1. The first kappa shape index (κ1) is 18.7. The Bertz CT molecular complexity index is 1090. The number of benzene rings is 3. The van der Waals surface area contributed by atoms with E-state index in [0.717, 1.165) is 17.1 Å². The summed E-state index contributed by atoms with van der Waals surface area (Å²) >= 11 is 7.44. The Balaban J connectivity index is 1.49. The van der Waals surface area contributed by atoms with Gasteiger partial charge in [-0.15, -0.1) is 11.8 Å². The molecule has 1 aromatic heterocycles. The Morgan fingerprint density at radius 2 is 1.64 bits per heavy atom. The molecule has 1 N–H and O–H groups in total. The smallest absolute Gasteiger partial charge is 0.234 e. The maximum atomic E-state index is 12.3.